The smallest absolute Gasteiger partial charge is 0.265 e. The highest BCUT2D eigenvalue weighted by Crippen LogP contribution is 2.20. The molecule has 0 aliphatic heterocycles. The van der Waals surface area contributed by atoms with Crippen molar-refractivity contribution in [3.63, 3.8) is 0 Å². The highest BCUT2D eigenvalue weighted by Gasteiger charge is 2.16. The molecule has 1 amide bonds. The molecule has 19 heavy (non-hydrogen) atoms. The van der Waals surface area contributed by atoms with Gasteiger partial charge in [-0.15, -0.1) is 11.3 Å². The highest BCUT2D eigenvalue weighted by atomic mass is 32.1. The van der Waals surface area contributed by atoms with Crippen LogP contribution in [0.4, 0.5) is 10.1 Å². The van der Waals surface area contributed by atoms with Crippen molar-refractivity contribution in [3.05, 3.63) is 52.0 Å². The van der Waals surface area contributed by atoms with Crippen molar-refractivity contribution in [1.29, 1.82) is 0 Å². The average Bonchev–Trinajstić information content (AvgIpc) is 2.92. The lowest BCUT2D eigenvalue weighted by Gasteiger charge is -2.10. The quantitative estimate of drug-likeness (QED) is 0.348. The van der Waals surface area contributed by atoms with Crippen LogP contribution in [0.25, 0.3) is 0 Å². The van der Waals surface area contributed by atoms with Crippen LogP contribution in [0, 0.1) is 5.82 Å². The largest absolute Gasteiger partial charge is 0.409 e. The Morgan fingerprint density at radius 1 is 1.37 bits per heavy atom. The van der Waals surface area contributed by atoms with Gasteiger partial charge in [0.1, 0.15) is 5.82 Å². The average molecular weight is 279 g/mol. The second kappa shape index (κ2) is 5.49. The van der Waals surface area contributed by atoms with Gasteiger partial charge in [-0.25, -0.2) is 4.39 Å². The second-order valence-electron chi connectivity index (χ2n) is 3.58. The Morgan fingerprint density at radius 2 is 2.16 bits per heavy atom. The molecular weight excluding hydrogens is 269 g/mol. The first-order chi connectivity index (χ1) is 9.13. The molecule has 2 aromatic rings. The number of carbonyl (C=O) groups is 1. The molecule has 0 atom stereocenters. The summed E-state index contributed by atoms with van der Waals surface area (Å²) in [6, 6.07) is 7.43. The highest BCUT2D eigenvalue weighted by molar-refractivity contribution is 7.12. The Bertz CT molecular complexity index is 626. The Morgan fingerprint density at radius 3 is 2.79 bits per heavy atom. The monoisotopic (exact) mass is 279 g/mol. The summed E-state index contributed by atoms with van der Waals surface area (Å²) in [5, 5.41) is 15.7. The third-order valence-corrected chi connectivity index (χ3v) is 3.24. The van der Waals surface area contributed by atoms with Crippen molar-refractivity contribution in [2.24, 2.45) is 10.9 Å². The molecule has 0 radical (unpaired) electrons. The van der Waals surface area contributed by atoms with Gasteiger partial charge in [0.15, 0.2) is 5.84 Å². The number of thiophene rings is 1. The minimum atomic E-state index is -0.681. The fourth-order valence-corrected chi connectivity index (χ4v) is 2.15. The van der Waals surface area contributed by atoms with Crippen LogP contribution in [0.5, 0.6) is 0 Å². The van der Waals surface area contributed by atoms with E-state index in [2.05, 4.69) is 10.5 Å². The number of amides is 1. The number of halogens is 1. The van der Waals surface area contributed by atoms with Gasteiger partial charge < -0.3 is 16.3 Å². The van der Waals surface area contributed by atoms with Crippen LogP contribution in [0.3, 0.4) is 0 Å². The third-order valence-electron chi connectivity index (χ3n) is 2.37. The number of nitrogens with two attached hydrogens (primary N) is 1. The first-order valence-corrected chi connectivity index (χ1v) is 6.12. The molecule has 0 bridgehead atoms. The first-order valence-electron chi connectivity index (χ1n) is 5.24. The maximum atomic E-state index is 13.7. The molecule has 0 saturated carbocycles. The van der Waals surface area contributed by atoms with E-state index in [1.165, 1.54) is 23.5 Å². The second-order valence-corrected chi connectivity index (χ2v) is 4.53. The van der Waals surface area contributed by atoms with Crippen molar-refractivity contribution in [3.8, 4) is 0 Å². The van der Waals surface area contributed by atoms with Gasteiger partial charge in [0.05, 0.1) is 16.1 Å². The van der Waals surface area contributed by atoms with E-state index in [9.17, 15) is 9.18 Å². The number of amidine groups is 1. The fraction of sp³-hybridized carbons (Fsp3) is 0. The molecule has 0 unspecified atom stereocenters. The molecule has 0 fully saturated rings. The summed E-state index contributed by atoms with van der Waals surface area (Å²) in [5.74, 6) is -1.47. The van der Waals surface area contributed by atoms with Crippen LogP contribution in [0.2, 0.25) is 0 Å². The topological polar surface area (TPSA) is 87.7 Å². The van der Waals surface area contributed by atoms with E-state index < -0.39 is 11.7 Å². The summed E-state index contributed by atoms with van der Waals surface area (Å²) >= 11 is 1.26. The maximum Gasteiger partial charge on any atom is 0.265 e. The number of carbonyl (C=O) groups excluding carboxylic acids is 1. The Labute approximate surface area is 112 Å². The molecule has 2 rings (SSSR count). The first kappa shape index (κ1) is 13.0. The predicted molar refractivity (Wildman–Crippen MR) is 71.2 cm³/mol. The summed E-state index contributed by atoms with van der Waals surface area (Å²) < 4.78 is 13.7. The molecule has 4 N–H and O–H groups in total. The van der Waals surface area contributed by atoms with Crippen molar-refractivity contribution >= 4 is 28.8 Å². The van der Waals surface area contributed by atoms with E-state index >= 15 is 0 Å². The number of anilines is 1. The van der Waals surface area contributed by atoms with Crippen LogP contribution in [-0.4, -0.2) is 17.0 Å². The Kier molecular flexibility index (Phi) is 3.76. The molecule has 0 aliphatic rings. The normalized spacial score (nSPS) is 11.3. The molecule has 1 aromatic carbocycles. The van der Waals surface area contributed by atoms with Gasteiger partial charge in [-0.1, -0.05) is 17.3 Å². The van der Waals surface area contributed by atoms with E-state index in [1.54, 1.807) is 17.5 Å². The van der Waals surface area contributed by atoms with Gasteiger partial charge in [0.25, 0.3) is 5.91 Å². The SMILES string of the molecule is N/C(=N/O)c1c(F)cccc1NC(=O)c1cccs1. The van der Waals surface area contributed by atoms with E-state index in [4.69, 9.17) is 10.9 Å². The lowest BCUT2D eigenvalue weighted by Crippen LogP contribution is -2.20. The number of nitrogens with zero attached hydrogens (tertiary/aromatic N) is 1. The van der Waals surface area contributed by atoms with Gasteiger partial charge >= 0.3 is 0 Å². The number of benzene rings is 1. The van der Waals surface area contributed by atoms with Crippen LogP contribution in [0.1, 0.15) is 15.2 Å². The molecule has 1 aromatic heterocycles. The number of rotatable bonds is 3. The van der Waals surface area contributed by atoms with Crippen LogP contribution < -0.4 is 11.1 Å². The number of hydrogen-bond acceptors (Lipinski definition) is 4. The third kappa shape index (κ3) is 2.71. The molecule has 98 valence electrons. The maximum absolute atomic E-state index is 13.7. The van der Waals surface area contributed by atoms with Crippen molar-refractivity contribution in [1.82, 2.24) is 0 Å². The molecule has 7 heteroatoms. The van der Waals surface area contributed by atoms with Crippen molar-refractivity contribution < 1.29 is 14.4 Å². The lowest BCUT2D eigenvalue weighted by molar-refractivity contribution is 0.103. The van der Waals surface area contributed by atoms with E-state index in [-0.39, 0.29) is 17.2 Å². The molecule has 0 aliphatic carbocycles. The zero-order valence-electron chi connectivity index (χ0n) is 9.63. The van der Waals surface area contributed by atoms with E-state index in [0.717, 1.165) is 6.07 Å². The Hall–Kier alpha value is -2.41. The van der Waals surface area contributed by atoms with Gasteiger partial charge in [-0.05, 0) is 23.6 Å². The summed E-state index contributed by atoms with van der Waals surface area (Å²) in [7, 11) is 0. The molecular formula is C12H10FN3O2S. The minimum absolute atomic E-state index is 0.144. The molecule has 0 saturated heterocycles. The fourth-order valence-electron chi connectivity index (χ4n) is 1.53. The Balaban J connectivity index is 2.36. The zero-order valence-corrected chi connectivity index (χ0v) is 10.4. The predicted octanol–water partition coefficient (Wildman–Crippen LogP) is 2.23. The van der Waals surface area contributed by atoms with Crippen molar-refractivity contribution in [2.45, 2.75) is 0 Å². The van der Waals surface area contributed by atoms with Crippen LogP contribution in [-0.2, 0) is 0 Å². The van der Waals surface area contributed by atoms with Gasteiger partial charge in [0.2, 0.25) is 0 Å². The van der Waals surface area contributed by atoms with Gasteiger partial charge in [-0.3, -0.25) is 4.79 Å². The summed E-state index contributed by atoms with van der Waals surface area (Å²) in [5.41, 5.74) is 5.40. The zero-order chi connectivity index (χ0) is 13.8. The molecule has 1 heterocycles. The van der Waals surface area contributed by atoms with Gasteiger partial charge in [0, 0.05) is 0 Å². The minimum Gasteiger partial charge on any atom is -0.409 e. The molecule has 5 nitrogen and oxygen atoms in total. The van der Waals surface area contributed by atoms with Crippen LogP contribution in [0.15, 0.2) is 40.9 Å². The summed E-state index contributed by atoms with van der Waals surface area (Å²) in [6.07, 6.45) is 0. The van der Waals surface area contributed by atoms with Crippen LogP contribution >= 0.6 is 11.3 Å². The van der Waals surface area contributed by atoms with Crippen molar-refractivity contribution in [2.75, 3.05) is 5.32 Å². The number of nitrogens with one attached hydrogen (secondary N) is 1. The summed E-state index contributed by atoms with van der Waals surface area (Å²) in [4.78, 5) is 12.4. The standard InChI is InChI=1S/C12H10FN3O2S/c13-7-3-1-4-8(10(7)11(14)16-18)15-12(17)9-5-2-6-19-9/h1-6,18H,(H2,14,16)(H,15,17). The lowest BCUT2D eigenvalue weighted by atomic mass is 10.1. The number of hydrogen-bond donors (Lipinski definition) is 3. The number of oxime groups is 1. The van der Waals surface area contributed by atoms with E-state index in [0.29, 0.717) is 4.88 Å². The summed E-state index contributed by atoms with van der Waals surface area (Å²) in [6.45, 7) is 0. The molecule has 0 spiro atoms. The van der Waals surface area contributed by atoms with E-state index in [1.807, 2.05) is 0 Å². The van der Waals surface area contributed by atoms with Gasteiger partial charge in [-0.2, -0.15) is 0 Å².